The van der Waals surface area contributed by atoms with Crippen molar-refractivity contribution >= 4 is 18.2 Å². The number of benzene rings is 2. The molecule has 0 fully saturated rings. The number of unbranched alkanes of at least 4 members (excludes halogenated alkanes) is 2. The molecular formula is C18H26NO2PS. The minimum Gasteiger partial charge on any atom is -0.396 e. The maximum absolute atomic E-state index is 12.8. The van der Waals surface area contributed by atoms with Gasteiger partial charge in [0.1, 0.15) is 0 Å². The Morgan fingerprint density at radius 2 is 1.74 bits per heavy atom. The summed E-state index contributed by atoms with van der Waals surface area (Å²) in [5.41, 5.74) is 3.57. The molecule has 5 heteroatoms. The summed E-state index contributed by atoms with van der Waals surface area (Å²) in [6.07, 6.45) is 2.66. The molecule has 23 heavy (non-hydrogen) atoms. The third kappa shape index (κ3) is 5.22. The predicted octanol–water partition coefficient (Wildman–Crippen LogP) is 3.49. The van der Waals surface area contributed by atoms with Crippen LogP contribution in [0.2, 0.25) is 0 Å². The minimum absolute atomic E-state index is 0.221. The second kappa shape index (κ2) is 8.70. The van der Waals surface area contributed by atoms with Gasteiger partial charge in [-0.25, -0.2) is 0 Å². The highest BCUT2D eigenvalue weighted by Crippen LogP contribution is 2.28. The molecule has 0 aliphatic rings. The summed E-state index contributed by atoms with van der Waals surface area (Å²) >= 11 is 0. The van der Waals surface area contributed by atoms with Crippen molar-refractivity contribution in [2.75, 3.05) is 13.2 Å². The maximum atomic E-state index is 12.8. The summed E-state index contributed by atoms with van der Waals surface area (Å²) < 4.78 is 15.9. The van der Waals surface area contributed by atoms with Gasteiger partial charge in [-0.2, -0.15) is 0 Å². The fraction of sp³-hybridized carbons (Fsp3) is 0.333. The molecule has 0 saturated carbocycles. The summed E-state index contributed by atoms with van der Waals surface area (Å²) in [5.74, 6) is 0. The van der Waals surface area contributed by atoms with Gasteiger partial charge in [0.2, 0.25) is 0 Å². The fourth-order valence-electron chi connectivity index (χ4n) is 2.51. The number of nitrogens with one attached hydrogen (secondary N) is 1. The van der Waals surface area contributed by atoms with Crippen molar-refractivity contribution in [3.8, 4) is 11.1 Å². The molecule has 1 unspecified atom stereocenters. The zero-order valence-electron chi connectivity index (χ0n) is 13.5. The maximum Gasteiger partial charge on any atom is 0.0431 e. The molecule has 0 spiro atoms. The van der Waals surface area contributed by atoms with E-state index in [0.29, 0.717) is 6.54 Å². The molecule has 0 aliphatic heterocycles. The van der Waals surface area contributed by atoms with Crippen LogP contribution in [-0.2, 0) is 9.74 Å². The fourth-order valence-corrected chi connectivity index (χ4v) is 4.68. The Bertz CT molecular complexity index is 673. The second-order valence-corrected chi connectivity index (χ2v) is 10.0. The highest BCUT2D eigenvalue weighted by molar-refractivity contribution is 8.44. The van der Waals surface area contributed by atoms with Gasteiger partial charge in [0.25, 0.3) is 0 Å². The third-order valence-corrected chi connectivity index (χ3v) is 7.09. The van der Waals surface area contributed by atoms with E-state index in [4.69, 9.17) is 5.11 Å². The zero-order valence-corrected chi connectivity index (χ0v) is 15.6. The predicted molar refractivity (Wildman–Crippen MR) is 103 cm³/mol. The van der Waals surface area contributed by atoms with Gasteiger partial charge in [0, 0.05) is 18.0 Å². The average Bonchev–Trinajstić information content (AvgIpc) is 2.55. The van der Waals surface area contributed by atoms with Crippen molar-refractivity contribution in [1.82, 2.24) is 4.72 Å². The monoisotopic (exact) mass is 351 g/mol. The number of aliphatic hydroxyl groups excluding tert-OH is 1. The van der Waals surface area contributed by atoms with E-state index in [2.05, 4.69) is 32.2 Å². The number of hydrogen-bond donors (Lipinski definition) is 3. The minimum atomic E-state index is -2.61. The van der Waals surface area contributed by atoms with E-state index in [0.717, 1.165) is 29.7 Å². The first-order valence-corrected chi connectivity index (χ1v) is 11.3. The molecule has 0 radical (unpaired) electrons. The number of aryl methyl sites for hydroxylation is 1. The third-order valence-electron chi connectivity index (χ3n) is 3.89. The smallest absolute Gasteiger partial charge is 0.0431 e. The lowest BCUT2D eigenvalue weighted by molar-refractivity contribution is 0.283. The Labute approximate surface area is 142 Å². The molecule has 2 N–H and O–H groups in total. The van der Waals surface area contributed by atoms with E-state index in [1.807, 2.05) is 36.4 Å². The molecule has 3 nitrogen and oxygen atoms in total. The van der Waals surface area contributed by atoms with E-state index in [1.54, 1.807) is 0 Å². The molecule has 0 bridgehead atoms. The van der Waals surface area contributed by atoms with Gasteiger partial charge < -0.3 is 5.11 Å². The van der Waals surface area contributed by atoms with Crippen LogP contribution in [0.1, 0.15) is 24.8 Å². The lowest BCUT2D eigenvalue weighted by Crippen LogP contribution is -2.26. The van der Waals surface area contributed by atoms with E-state index in [-0.39, 0.29) is 6.61 Å². The molecule has 2 aromatic carbocycles. The largest absolute Gasteiger partial charge is 0.396 e. The van der Waals surface area contributed by atoms with Gasteiger partial charge in [-0.1, -0.05) is 36.4 Å². The summed E-state index contributed by atoms with van der Waals surface area (Å²) in [5, 5.41) is 8.76. The zero-order chi connectivity index (χ0) is 16.7. The van der Waals surface area contributed by atoms with Gasteiger partial charge in [-0.05, 0) is 73.2 Å². The van der Waals surface area contributed by atoms with Crippen LogP contribution in [0.3, 0.4) is 0 Å². The Balaban J connectivity index is 2.03. The van der Waals surface area contributed by atoms with Gasteiger partial charge in [0.15, 0.2) is 0 Å². The molecule has 0 amide bonds. The average molecular weight is 351 g/mol. The van der Waals surface area contributed by atoms with Crippen LogP contribution >= 0.6 is 8.44 Å². The van der Waals surface area contributed by atoms with E-state index >= 15 is 0 Å². The topological polar surface area (TPSA) is 49.3 Å². The normalized spacial score (nSPS) is 12.3. The lowest BCUT2D eigenvalue weighted by atomic mass is 10.0. The molecule has 2 rings (SSSR count). The van der Waals surface area contributed by atoms with Crippen LogP contribution in [0.25, 0.3) is 11.1 Å². The van der Waals surface area contributed by atoms with Crippen molar-refractivity contribution < 1.29 is 9.32 Å². The standard InChI is InChI=1S/C18H26NO2PS/c1-15-7-3-4-8-18(15)16-9-11-17(12-10-16)23(21,22)19-13-5-2-6-14-20/h3-4,7-12,20,23H,2,5-6,13-14,22H2,1H3,(H,19,21). The first-order valence-electron chi connectivity index (χ1n) is 7.96. The van der Waals surface area contributed by atoms with Crippen LogP contribution in [0.15, 0.2) is 53.4 Å². The van der Waals surface area contributed by atoms with Crippen molar-refractivity contribution in [2.24, 2.45) is 0 Å². The Morgan fingerprint density at radius 1 is 1.04 bits per heavy atom. The van der Waals surface area contributed by atoms with Gasteiger partial charge in [-0.3, -0.25) is 8.93 Å². The quantitative estimate of drug-likeness (QED) is 0.387. The number of rotatable bonds is 8. The summed E-state index contributed by atoms with van der Waals surface area (Å²) in [4.78, 5) is 0.821. The molecular weight excluding hydrogens is 325 g/mol. The molecule has 0 aliphatic carbocycles. The number of hydrogen-bond acceptors (Lipinski definition) is 2. The molecule has 126 valence electrons. The van der Waals surface area contributed by atoms with Crippen LogP contribution in [0.5, 0.6) is 0 Å². The Morgan fingerprint density at radius 3 is 2.39 bits per heavy atom. The van der Waals surface area contributed by atoms with Crippen LogP contribution in [-0.4, -0.2) is 22.5 Å². The summed E-state index contributed by atoms with van der Waals surface area (Å²) in [7, 11) is -0.135. The second-order valence-electron chi connectivity index (χ2n) is 5.71. The molecule has 0 saturated heterocycles. The van der Waals surface area contributed by atoms with Crippen molar-refractivity contribution in [2.45, 2.75) is 31.1 Å². The van der Waals surface area contributed by atoms with Crippen molar-refractivity contribution in [1.29, 1.82) is 0 Å². The van der Waals surface area contributed by atoms with Gasteiger partial charge in [-0.15, -0.1) is 0 Å². The Kier molecular flexibility index (Phi) is 6.91. The van der Waals surface area contributed by atoms with Crippen LogP contribution in [0, 0.1) is 6.92 Å². The van der Waals surface area contributed by atoms with Gasteiger partial charge in [0.05, 0.1) is 0 Å². The van der Waals surface area contributed by atoms with Crippen LogP contribution in [0.4, 0.5) is 0 Å². The van der Waals surface area contributed by atoms with Crippen molar-refractivity contribution in [3.63, 3.8) is 0 Å². The SMILES string of the molecule is Cc1ccccc1-c1ccc([SH](=O)(P)NCCCCCO)cc1. The summed E-state index contributed by atoms with van der Waals surface area (Å²) in [6.45, 7) is 3.01. The molecule has 0 aromatic heterocycles. The van der Waals surface area contributed by atoms with Gasteiger partial charge >= 0.3 is 0 Å². The van der Waals surface area contributed by atoms with E-state index < -0.39 is 9.74 Å². The number of thiol groups is 1. The number of aliphatic hydroxyl groups is 1. The first-order chi connectivity index (χ1) is 11.0. The van der Waals surface area contributed by atoms with Crippen LogP contribution < -0.4 is 4.72 Å². The van der Waals surface area contributed by atoms with E-state index in [1.165, 1.54) is 11.1 Å². The molecule has 2 aromatic rings. The lowest BCUT2D eigenvalue weighted by Gasteiger charge is -2.21. The molecule has 0 heterocycles. The highest BCUT2D eigenvalue weighted by atomic mass is 32.8. The van der Waals surface area contributed by atoms with E-state index in [9.17, 15) is 4.21 Å². The first kappa shape index (κ1) is 18.3. The highest BCUT2D eigenvalue weighted by Gasteiger charge is 2.11. The van der Waals surface area contributed by atoms with Crippen molar-refractivity contribution in [3.05, 3.63) is 54.1 Å². The summed E-state index contributed by atoms with van der Waals surface area (Å²) in [6, 6.07) is 16.2. The molecule has 1 atom stereocenters. The Hall–Kier alpha value is -1.06.